The molecule has 11 aliphatic rings. The molecule has 7 amide bonds. The van der Waals surface area contributed by atoms with E-state index in [4.69, 9.17) is 29.6 Å². The molecule has 6 aromatic carbocycles. The Bertz CT molecular complexity index is 6010. The van der Waals surface area contributed by atoms with Crippen molar-refractivity contribution in [2.45, 2.75) is 174 Å². The number of allylic oxidation sites excluding steroid dienone is 2. The van der Waals surface area contributed by atoms with E-state index in [0.29, 0.717) is 66.4 Å². The molecule has 9 aromatic rings. The molecule has 7 aliphatic heterocycles. The van der Waals surface area contributed by atoms with E-state index in [9.17, 15) is 38.4 Å². The average molecular weight is 1740 g/mol. The van der Waals surface area contributed by atoms with Crippen LogP contribution in [0.25, 0.3) is 49.4 Å². The van der Waals surface area contributed by atoms with Gasteiger partial charge in [0.05, 0.1) is 69.5 Å². The summed E-state index contributed by atoms with van der Waals surface area (Å²) >= 11 is 0. The number of carboxylic acid groups (broad SMARTS) is 1. The topological polar surface area (TPSA) is 383 Å². The van der Waals surface area contributed by atoms with Crippen LogP contribution in [0.3, 0.4) is 0 Å². The Hall–Kier alpha value is -12.7. The monoisotopic (exact) mass is 1740 g/mol. The number of anilines is 3. The lowest BCUT2D eigenvalue weighted by molar-refractivity contribution is -0.138. The predicted molar refractivity (Wildman–Crippen MR) is 497 cm³/mol. The second-order valence-electron chi connectivity index (χ2n) is 36.7. The van der Waals surface area contributed by atoms with Gasteiger partial charge in [0.1, 0.15) is 11.2 Å². The van der Waals surface area contributed by atoms with Crippen molar-refractivity contribution in [2.24, 2.45) is 33.1 Å². The Morgan fingerprint density at radius 3 is 1.31 bits per heavy atom. The standard InChI is InChI=1S/C30H31N5O4.C25H23N5O2.C16H28BNO4.C16H16N4O.C10H10O2.ClH/c1-30(2,3)39-29(38)35-11-9-18(10-12-35)26-23-16-31-34-28(37)22-13-19(14-24(33-26)25(22)23)32-27(36)21-15-20(21)17-7-5-4-6-8-17;31-24(18-12-17(18)14-4-2-1-3-5-14)28-16-10-19-22-20(13-27-30-25(19)32)23(29-21(22)11-16)15-6-8-26-9-7-15;1-14(2,3)20-13(19)18-10-8-12(9-11-18)17-21-15(4,5)16(6,7)22-17;17-10-6-11-14-12(8-18-20-16(11)21)15(19-13(14)7-10)9-4-2-1-3-5-9;11-10(12)9-6-8(9)7-4-2-1-3-5-7;/h4-9,13-14,16,20-21,33H,10-12,15H2,1-3H3,(H,32,36)(H,34,37);1-6,10-11,13,17-18,26,29H,7-9,12H2,(H,28,31)(H,30,32);8H,9-11H2,1-7H3;4,6-8,19H,1-3,5,17H2,(H,20,21);1-5,8-9H,6H2,(H,11,12);1H/t20-,21+;17-,18+;;;8-,9+;/m00..0./s1. The number of carbonyl (C=O) groups excluding carboxylic acids is 7. The van der Waals surface area contributed by atoms with Crippen molar-refractivity contribution < 1.29 is 62.2 Å². The fourth-order valence-electron chi connectivity index (χ4n) is 17.4. The highest BCUT2D eigenvalue weighted by Crippen LogP contribution is 2.51. The lowest BCUT2D eigenvalue weighted by atomic mass is 9.75. The molecule has 3 aromatic heterocycles. The highest BCUT2D eigenvalue weighted by Gasteiger charge is 2.53. The molecule has 0 radical (unpaired) electrons. The third-order valence-electron chi connectivity index (χ3n) is 24.9. The van der Waals surface area contributed by atoms with E-state index < -0.39 is 17.2 Å². The maximum absolute atomic E-state index is 13.1. The molecule has 660 valence electrons. The van der Waals surface area contributed by atoms with Gasteiger partial charge in [-0.25, -0.2) is 25.9 Å². The van der Waals surface area contributed by atoms with Crippen LogP contribution < -0.4 is 38.0 Å². The van der Waals surface area contributed by atoms with Gasteiger partial charge in [0.2, 0.25) is 11.8 Å². The molecule has 4 aliphatic carbocycles. The molecule has 30 heteroatoms. The van der Waals surface area contributed by atoms with E-state index in [2.05, 4.69) is 98.9 Å². The molecule has 28 nitrogen and oxygen atoms in total. The summed E-state index contributed by atoms with van der Waals surface area (Å²) in [6.45, 7) is 23.2. The van der Waals surface area contributed by atoms with Crippen molar-refractivity contribution >= 4 is 152 Å². The number of amides is 7. The van der Waals surface area contributed by atoms with Crippen molar-refractivity contribution in [3.63, 3.8) is 0 Å². The lowest BCUT2D eigenvalue weighted by Gasteiger charge is -2.32. The van der Waals surface area contributed by atoms with Crippen LogP contribution in [-0.2, 0) is 33.2 Å². The summed E-state index contributed by atoms with van der Waals surface area (Å²) in [6.07, 6.45) is 22.3. The zero-order chi connectivity index (χ0) is 88.7. The number of rotatable bonds is 12. The number of aromatic amines is 3. The van der Waals surface area contributed by atoms with Crippen LogP contribution in [0.5, 0.6) is 0 Å². The van der Waals surface area contributed by atoms with Gasteiger partial charge in [0.25, 0.3) is 17.7 Å². The number of hydrogen-bond donors (Lipinski definition) is 11. The van der Waals surface area contributed by atoms with Gasteiger partial charge in [0.15, 0.2) is 0 Å². The van der Waals surface area contributed by atoms with Crippen LogP contribution in [0.1, 0.15) is 233 Å². The normalized spacial score (nSPS) is 21.3. The van der Waals surface area contributed by atoms with Crippen LogP contribution in [0, 0.1) is 17.8 Å². The summed E-state index contributed by atoms with van der Waals surface area (Å²) in [5.74, 6) is -1.07. The summed E-state index contributed by atoms with van der Waals surface area (Å²) < 4.78 is 23.0. The average Bonchev–Trinajstić information content (AvgIpc) is 1.61. The molecule has 127 heavy (non-hydrogen) atoms. The number of benzene rings is 6. The summed E-state index contributed by atoms with van der Waals surface area (Å²) in [5, 5.41) is 32.9. The van der Waals surface area contributed by atoms with Crippen LogP contribution in [0.15, 0.2) is 172 Å². The van der Waals surface area contributed by atoms with Gasteiger partial charge in [-0.05, 0) is 233 Å². The second kappa shape index (κ2) is 36.7. The van der Waals surface area contributed by atoms with E-state index in [0.717, 1.165) is 141 Å². The fraction of sp³-hybridized carbons (Fsp3) is 0.371. The molecule has 10 heterocycles. The first-order valence-electron chi connectivity index (χ1n) is 43.4. The largest absolute Gasteiger partial charge is 0.490 e. The molecule has 12 N–H and O–H groups in total. The molecule has 6 atom stereocenters. The Labute approximate surface area is 743 Å². The van der Waals surface area contributed by atoms with E-state index >= 15 is 0 Å². The van der Waals surface area contributed by atoms with E-state index in [1.165, 1.54) is 35.1 Å². The van der Waals surface area contributed by atoms with Crippen LogP contribution in [0.4, 0.5) is 26.7 Å². The number of hydrazone groups is 3. The zero-order valence-corrected chi connectivity index (χ0v) is 73.9. The van der Waals surface area contributed by atoms with Crippen molar-refractivity contribution in [1.82, 2.24) is 46.3 Å². The molecular formula is C97H109BClN15O13. The Morgan fingerprint density at radius 2 is 0.921 bits per heavy atom. The van der Waals surface area contributed by atoms with Gasteiger partial charge in [0, 0.05) is 111 Å². The molecule has 20 rings (SSSR count). The molecular weight excluding hydrogens is 1630 g/mol. The molecule has 0 unspecified atom stereocenters. The number of ether oxygens (including phenoxy) is 2. The smallest absolute Gasteiger partial charge is 0.481 e. The van der Waals surface area contributed by atoms with Gasteiger partial charge in [-0.2, -0.15) is 15.3 Å². The maximum atomic E-state index is 13.1. The second-order valence-corrected chi connectivity index (χ2v) is 36.7. The minimum Gasteiger partial charge on any atom is -0.481 e. The molecule has 0 spiro atoms. The molecule has 1 saturated heterocycles. The first-order valence-corrected chi connectivity index (χ1v) is 43.4. The van der Waals surface area contributed by atoms with E-state index in [1.807, 2.05) is 166 Å². The van der Waals surface area contributed by atoms with Crippen molar-refractivity contribution in [2.75, 3.05) is 55.6 Å². The van der Waals surface area contributed by atoms with Crippen LogP contribution in [-0.4, -0.2) is 165 Å². The summed E-state index contributed by atoms with van der Waals surface area (Å²) in [4.78, 5) is 113. The number of H-pyrrole nitrogens is 3. The van der Waals surface area contributed by atoms with Gasteiger partial charge in [-0.3, -0.25) is 28.8 Å². The third kappa shape index (κ3) is 20.1. The SMILES string of the molecule is CC(C)(C)OC(=O)N1CC=C(B2OC(C)(C)C(C)(C)O2)CC1.CC(C)(C)OC(=O)N1CC=C(c2[nH]c3cc(NC(=O)[C@@H]4C[C@H]4c4ccccc4)cc4c3c2C=NNC4=O)CC1.Cl.Nc1cc2c3c(c(C4=CCCCC4)[nH]c3c1)C=NNC2=O.O=C(O)[C@@H]1C[C@H]1c1ccccc1.O=C1NN=Cc2c(C3=CCNCC3)[nH]c3cc(NC(=O)[C@@H]4C[C@H]4c4ccccc4)cc1c23. The van der Waals surface area contributed by atoms with Crippen LogP contribution in [0.2, 0.25) is 0 Å². The third-order valence-corrected chi connectivity index (χ3v) is 24.9. The van der Waals surface area contributed by atoms with Crippen molar-refractivity contribution in [3.8, 4) is 0 Å². The predicted octanol–water partition coefficient (Wildman–Crippen LogP) is 16.6. The van der Waals surface area contributed by atoms with Gasteiger partial charge < -0.3 is 70.3 Å². The minimum absolute atomic E-state index is 0. The maximum Gasteiger partial charge on any atom is 0.490 e. The molecule has 3 saturated carbocycles. The summed E-state index contributed by atoms with van der Waals surface area (Å²) in [5.41, 5.74) is 31.4. The number of carbonyl (C=O) groups is 8. The van der Waals surface area contributed by atoms with Crippen LogP contribution >= 0.6 is 12.4 Å². The Morgan fingerprint density at radius 1 is 0.512 bits per heavy atom. The van der Waals surface area contributed by atoms with Gasteiger partial charge in [-0.15, -0.1) is 12.4 Å². The van der Waals surface area contributed by atoms with Crippen molar-refractivity contribution in [1.29, 1.82) is 0 Å². The quantitative estimate of drug-likeness (QED) is 0.0400. The number of nitrogens with zero attached hydrogens (tertiary/aromatic N) is 5. The number of aromatic nitrogens is 3. The fourth-order valence-corrected chi connectivity index (χ4v) is 17.4. The first-order chi connectivity index (χ1) is 60.3. The van der Waals surface area contributed by atoms with Gasteiger partial charge in [-0.1, -0.05) is 115 Å². The summed E-state index contributed by atoms with van der Waals surface area (Å²) in [6, 6.07) is 40.8. The number of nitrogens with two attached hydrogens (primary N) is 1. The lowest BCUT2D eigenvalue weighted by Crippen LogP contribution is -2.41. The minimum atomic E-state index is -0.663. The Kier molecular flexibility index (Phi) is 25.8. The summed E-state index contributed by atoms with van der Waals surface area (Å²) in [7, 11) is -0.314. The van der Waals surface area contributed by atoms with E-state index in [1.54, 1.807) is 46.6 Å². The highest BCUT2D eigenvalue weighted by molar-refractivity contribution is 6.54. The number of halogens is 1. The number of aliphatic carboxylic acids is 1. The van der Waals surface area contributed by atoms with Crippen molar-refractivity contribution in [3.05, 3.63) is 224 Å². The highest BCUT2D eigenvalue weighted by atomic mass is 35.5. The first kappa shape index (κ1) is 89.1. The van der Waals surface area contributed by atoms with E-state index in [-0.39, 0.29) is 108 Å². The van der Waals surface area contributed by atoms with Gasteiger partial charge >= 0.3 is 25.3 Å². The molecule has 4 fully saturated rings. The zero-order valence-electron chi connectivity index (χ0n) is 73.1. The molecule has 0 bridgehead atoms. The Balaban J connectivity index is 0.000000128. The number of hydrogen-bond acceptors (Lipinski definition) is 17. The number of carboxylic acids is 1. The number of nitrogens with one attached hydrogen (secondary N) is 9. The number of nitrogen functional groups attached to an aromatic ring is 1.